The molecule has 8 heteroatoms. The molecule has 1 saturated heterocycles. The lowest BCUT2D eigenvalue weighted by Gasteiger charge is -2.40. The highest BCUT2D eigenvalue weighted by atomic mass is 79.9. The van der Waals surface area contributed by atoms with E-state index >= 15 is 0 Å². The number of benzene rings is 1. The van der Waals surface area contributed by atoms with Crippen LogP contribution in [0.25, 0.3) is 11.0 Å². The van der Waals surface area contributed by atoms with Gasteiger partial charge in [0.1, 0.15) is 11.4 Å². The van der Waals surface area contributed by atoms with E-state index in [4.69, 9.17) is 4.74 Å². The third kappa shape index (κ3) is 3.84. The standard InChI is InChI=1S/C17H19BrFN3O3/c1-17(2,3)25-16(24)21-7-10(8-21)9-22-14-5-12(19)11(18)4-13(14)20-6-15(22)23/h4-6,10H,7-9H2,1-3H3. The first-order chi connectivity index (χ1) is 11.6. The number of likely N-dealkylation sites (tertiary alicyclic amines) is 1. The van der Waals surface area contributed by atoms with Crippen LogP contribution in [0.2, 0.25) is 0 Å². The molecule has 0 N–H and O–H groups in total. The molecular formula is C17H19BrFN3O3. The molecule has 1 aliphatic heterocycles. The van der Waals surface area contributed by atoms with Crippen LogP contribution in [0.4, 0.5) is 9.18 Å². The van der Waals surface area contributed by atoms with Gasteiger partial charge in [0.15, 0.2) is 0 Å². The van der Waals surface area contributed by atoms with Crippen LogP contribution in [0, 0.1) is 11.7 Å². The van der Waals surface area contributed by atoms with Crippen molar-refractivity contribution >= 4 is 33.1 Å². The largest absolute Gasteiger partial charge is 0.444 e. The number of amides is 1. The Morgan fingerprint density at radius 2 is 2.08 bits per heavy atom. The van der Waals surface area contributed by atoms with Gasteiger partial charge in [-0.05, 0) is 42.8 Å². The molecule has 25 heavy (non-hydrogen) atoms. The second kappa shape index (κ2) is 6.40. The summed E-state index contributed by atoms with van der Waals surface area (Å²) in [6.45, 7) is 6.86. The van der Waals surface area contributed by atoms with E-state index in [-0.39, 0.29) is 17.6 Å². The number of halogens is 2. The van der Waals surface area contributed by atoms with Crippen LogP contribution < -0.4 is 5.56 Å². The highest BCUT2D eigenvalue weighted by Crippen LogP contribution is 2.24. The van der Waals surface area contributed by atoms with Gasteiger partial charge in [-0.25, -0.2) is 14.2 Å². The van der Waals surface area contributed by atoms with E-state index in [2.05, 4.69) is 20.9 Å². The fourth-order valence-electron chi connectivity index (χ4n) is 2.77. The SMILES string of the molecule is CC(C)(C)OC(=O)N1CC(Cn2c(=O)cnc3cc(Br)c(F)cc32)C1. The summed E-state index contributed by atoms with van der Waals surface area (Å²) in [5, 5.41) is 0. The van der Waals surface area contributed by atoms with E-state index in [1.165, 1.54) is 16.8 Å². The molecule has 0 aliphatic carbocycles. The minimum absolute atomic E-state index is 0.113. The molecule has 1 aromatic heterocycles. The lowest BCUT2D eigenvalue weighted by Crippen LogP contribution is -2.53. The number of hydrogen-bond donors (Lipinski definition) is 0. The first-order valence-corrected chi connectivity index (χ1v) is 8.76. The van der Waals surface area contributed by atoms with Gasteiger partial charge in [0.25, 0.3) is 5.56 Å². The second-order valence-electron chi connectivity index (χ2n) is 7.21. The molecule has 0 atom stereocenters. The summed E-state index contributed by atoms with van der Waals surface area (Å²) in [5.74, 6) is -0.333. The maximum absolute atomic E-state index is 13.9. The number of ether oxygens (including phenoxy) is 1. The molecule has 1 aliphatic rings. The van der Waals surface area contributed by atoms with Crippen LogP contribution in [0.1, 0.15) is 20.8 Å². The number of rotatable bonds is 2. The van der Waals surface area contributed by atoms with Gasteiger partial charge in [-0.15, -0.1) is 0 Å². The van der Waals surface area contributed by atoms with Crippen molar-refractivity contribution in [1.82, 2.24) is 14.5 Å². The second-order valence-corrected chi connectivity index (χ2v) is 8.07. The number of aromatic nitrogens is 2. The summed E-state index contributed by atoms with van der Waals surface area (Å²) in [7, 11) is 0. The van der Waals surface area contributed by atoms with Gasteiger partial charge >= 0.3 is 6.09 Å². The molecule has 134 valence electrons. The van der Waals surface area contributed by atoms with Crippen LogP contribution in [0.5, 0.6) is 0 Å². The topological polar surface area (TPSA) is 64.4 Å². The fraction of sp³-hybridized carbons (Fsp3) is 0.471. The Balaban J connectivity index is 1.75. The zero-order valence-corrected chi connectivity index (χ0v) is 15.8. The third-order valence-electron chi connectivity index (χ3n) is 3.94. The van der Waals surface area contributed by atoms with Crippen molar-refractivity contribution in [3.8, 4) is 0 Å². The molecule has 1 fully saturated rings. The van der Waals surface area contributed by atoms with Crippen molar-refractivity contribution in [1.29, 1.82) is 0 Å². The number of nitrogens with zero attached hydrogens (tertiary/aromatic N) is 3. The molecule has 2 aromatic rings. The first kappa shape index (κ1) is 17.8. The van der Waals surface area contributed by atoms with Gasteiger partial charge in [-0.2, -0.15) is 0 Å². The van der Waals surface area contributed by atoms with Crippen LogP contribution in [-0.2, 0) is 11.3 Å². The molecule has 6 nitrogen and oxygen atoms in total. The Kier molecular flexibility index (Phi) is 4.57. The quantitative estimate of drug-likeness (QED) is 0.760. The molecule has 0 saturated carbocycles. The number of carbonyl (C=O) groups excluding carboxylic acids is 1. The van der Waals surface area contributed by atoms with Crippen LogP contribution in [-0.4, -0.2) is 39.2 Å². The van der Waals surface area contributed by atoms with Crippen molar-refractivity contribution in [2.75, 3.05) is 13.1 Å². The first-order valence-electron chi connectivity index (χ1n) is 7.96. The van der Waals surface area contributed by atoms with Crippen molar-refractivity contribution in [2.24, 2.45) is 5.92 Å². The molecule has 1 aromatic carbocycles. The molecular weight excluding hydrogens is 393 g/mol. The average Bonchev–Trinajstić information content (AvgIpc) is 2.44. The van der Waals surface area contributed by atoms with Crippen molar-refractivity contribution in [2.45, 2.75) is 32.9 Å². The molecule has 0 spiro atoms. The highest BCUT2D eigenvalue weighted by Gasteiger charge is 2.34. The molecule has 0 bridgehead atoms. The van der Waals surface area contributed by atoms with Gasteiger partial charge < -0.3 is 14.2 Å². The number of hydrogen-bond acceptors (Lipinski definition) is 4. The smallest absolute Gasteiger partial charge is 0.410 e. The van der Waals surface area contributed by atoms with Crippen molar-refractivity contribution < 1.29 is 13.9 Å². The summed E-state index contributed by atoms with van der Waals surface area (Å²) in [4.78, 5) is 29.8. The summed E-state index contributed by atoms with van der Waals surface area (Å²) < 4.78 is 21.0. The Morgan fingerprint density at radius 1 is 1.40 bits per heavy atom. The fourth-order valence-corrected chi connectivity index (χ4v) is 3.10. The Morgan fingerprint density at radius 3 is 2.72 bits per heavy atom. The van der Waals surface area contributed by atoms with Gasteiger partial charge in [0.05, 0.1) is 21.7 Å². The molecule has 3 rings (SSSR count). The third-order valence-corrected chi connectivity index (χ3v) is 4.55. The summed E-state index contributed by atoms with van der Waals surface area (Å²) >= 11 is 3.12. The minimum Gasteiger partial charge on any atom is -0.444 e. The van der Waals surface area contributed by atoms with Gasteiger partial charge in [0, 0.05) is 31.6 Å². The van der Waals surface area contributed by atoms with Crippen molar-refractivity contribution in [3.05, 3.63) is 39.0 Å². The van der Waals surface area contributed by atoms with Gasteiger partial charge in [-0.1, -0.05) is 0 Å². The Bertz CT molecular complexity index is 885. The normalized spacial score (nSPS) is 15.3. The molecule has 0 unspecified atom stereocenters. The predicted octanol–water partition coefficient (Wildman–Crippen LogP) is 3.17. The summed E-state index contributed by atoms with van der Waals surface area (Å²) in [6.07, 6.45) is 0.877. The van der Waals surface area contributed by atoms with E-state index in [1.807, 2.05) is 20.8 Å². The lowest BCUT2D eigenvalue weighted by atomic mass is 10.0. The number of carbonyl (C=O) groups is 1. The Labute approximate surface area is 152 Å². The molecule has 1 amide bonds. The maximum atomic E-state index is 13.9. The summed E-state index contributed by atoms with van der Waals surface area (Å²) in [5.41, 5.74) is 0.163. The maximum Gasteiger partial charge on any atom is 0.410 e. The van der Waals surface area contributed by atoms with Crippen LogP contribution in [0.3, 0.4) is 0 Å². The van der Waals surface area contributed by atoms with E-state index in [9.17, 15) is 14.0 Å². The van der Waals surface area contributed by atoms with Crippen LogP contribution >= 0.6 is 15.9 Å². The predicted molar refractivity (Wildman–Crippen MR) is 95.0 cm³/mol. The minimum atomic E-state index is -0.536. The summed E-state index contributed by atoms with van der Waals surface area (Å²) in [6, 6.07) is 2.85. The zero-order valence-electron chi connectivity index (χ0n) is 14.3. The van der Waals surface area contributed by atoms with E-state index in [0.29, 0.717) is 35.1 Å². The number of fused-ring (bicyclic) bond motifs is 1. The lowest BCUT2D eigenvalue weighted by molar-refractivity contribution is -0.00329. The van der Waals surface area contributed by atoms with Gasteiger partial charge in [0.2, 0.25) is 0 Å². The van der Waals surface area contributed by atoms with E-state index in [1.54, 1.807) is 11.0 Å². The van der Waals surface area contributed by atoms with Gasteiger partial charge in [-0.3, -0.25) is 4.79 Å². The Hall–Kier alpha value is -1.96. The molecule has 2 heterocycles. The van der Waals surface area contributed by atoms with Crippen LogP contribution in [0.15, 0.2) is 27.6 Å². The van der Waals surface area contributed by atoms with Crippen molar-refractivity contribution in [3.63, 3.8) is 0 Å². The molecule has 0 radical (unpaired) electrons. The monoisotopic (exact) mass is 411 g/mol. The zero-order chi connectivity index (χ0) is 18.4. The van der Waals surface area contributed by atoms with E-state index < -0.39 is 11.4 Å². The van der Waals surface area contributed by atoms with E-state index in [0.717, 1.165) is 0 Å². The average molecular weight is 412 g/mol. The highest BCUT2D eigenvalue weighted by molar-refractivity contribution is 9.10.